The van der Waals surface area contributed by atoms with Gasteiger partial charge in [0, 0.05) is 16.0 Å². The Hall–Kier alpha value is -5.68. The molecule has 0 radical (unpaired) electrons. The van der Waals surface area contributed by atoms with Crippen LogP contribution in [0.25, 0.3) is 27.8 Å². The van der Waals surface area contributed by atoms with Gasteiger partial charge in [0.05, 0.1) is 5.41 Å². The van der Waals surface area contributed by atoms with E-state index >= 15 is 0 Å². The van der Waals surface area contributed by atoms with E-state index in [9.17, 15) is 0 Å². The average Bonchev–Trinajstić information content (AvgIpc) is 3.62. The number of allylic oxidation sites excluding steroid dienone is 4. The Morgan fingerprint density at radius 2 is 1.29 bits per heavy atom. The molecule has 0 saturated heterocycles. The first kappa shape index (κ1) is 29.5. The Morgan fingerprint density at radius 3 is 2.06 bits per heavy atom. The van der Waals surface area contributed by atoms with Crippen LogP contribution in [-0.4, -0.2) is 5.84 Å². The summed E-state index contributed by atoms with van der Waals surface area (Å²) in [6.07, 6.45) is 6.28. The maximum Gasteiger partial charge on any atom is 0.143 e. The van der Waals surface area contributed by atoms with Crippen LogP contribution < -0.4 is 11.3 Å². The summed E-state index contributed by atoms with van der Waals surface area (Å²) >= 11 is 1.78. The van der Waals surface area contributed by atoms with Crippen molar-refractivity contribution in [2.75, 3.05) is 0 Å². The Balaban J connectivity index is 1.33. The van der Waals surface area contributed by atoms with Gasteiger partial charge in [0.2, 0.25) is 0 Å². The predicted molar refractivity (Wildman–Crippen MR) is 204 cm³/mol. The molecule has 2 unspecified atom stereocenters. The molecule has 1 spiro atoms. The van der Waals surface area contributed by atoms with Crippen molar-refractivity contribution in [1.29, 1.82) is 0 Å². The number of fused-ring (bicyclic) bond motifs is 12. The highest BCUT2D eigenvalue weighted by molar-refractivity contribution is 8.02. The lowest BCUT2D eigenvalue weighted by Crippen LogP contribution is -2.31. The van der Waals surface area contributed by atoms with Crippen LogP contribution in [0.3, 0.4) is 0 Å². The van der Waals surface area contributed by atoms with Crippen molar-refractivity contribution in [2.24, 2.45) is 10.8 Å². The van der Waals surface area contributed by atoms with Crippen LogP contribution >= 0.6 is 11.8 Å². The van der Waals surface area contributed by atoms with Crippen molar-refractivity contribution in [3.63, 3.8) is 0 Å². The number of aliphatic imine (C=N–C) groups is 1. The number of hydrogen-bond acceptors (Lipinski definition) is 3. The maximum absolute atomic E-state index is 6.15. The fraction of sp³-hybridized carbons (Fsp3) is 0.0444. The first-order chi connectivity index (χ1) is 24.2. The van der Waals surface area contributed by atoms with E-state index in [1.807, 2.05) is 36.4 Å². The zero-order valence-electron chi connectivity index (χ0n) is 26.8. The van der Waals surface area contributed by atoms with Crippen molar-refractivity contribution >= 4 is 23.2 Å². The molecule has 1 heterocycles. The minimum absolute atomic E-state index is 0.291. The second kappa shape index (κ2) is 11.8. The van der Waals surface area contributed by atoms with Crippen LogP contribution in [0.4, 0.5) is 0 Å². The Labute approximate surface area is 291 Å². The van der Waals surface area contributed by atoms with Gasteiger partial charge in [-0.05, 0) is 66.6 Å². The summed E-state index contributed by atoms with van der Waals surface area (Å²) < 4.78 is 0. The number of nitrogens with two attached hydrogens (primary N) is 1. The van der Waals surface area contributed by atoms with E-state index in [4.69, 9.17) is 10.8 Å². The molecule has 2 aliphatic carbocycles. The van der Waals surface area contributed by atoms with Gasteiger partial charge in [-0.3, -0.25) is 4.99 Å². The molecule has 4 heteroatoms. The molecule has 234 valence electrons. The summed E-state index contributed by atoms with van der Waals surface area (Å²) in [4.78, 5) is 6.57. The molecular weight excluding hydrogens is 615 g/mol. The minimum Gasteiger partial charge on any atom is -0.308 e. The van der Waals surface area contributed by atoms with Crippen LogP contribution in [0.5, 0.6) is 0 Å². The Bertz CT molecular complexity index is 2370. The second-order valence-electron chi connectivity index (χ2n) is 12.6. The molecule has 49 heavy (non-hydrogen) atoms. The van der Waals surface area contributed by atoms with Gasteiger partial charge >= 0.3 is 0 Å². The van der Waals surface area contributed by atoms with Gasteiger partial charge in [-0.1, -0.05) is 176 Å². The monoisotopic (exact) mass is 647 g/mol. The SMILES string of the molecule is C=C1/C=C\C=C/Sc2c1ccc1c2-c2ccccc2C12c1ccccc1-c1ccc(C(N=C(NN)c3ccccc3)c3ccccc3)cc12. The van der Waals surface area contributed by atoms with E-state index in [2.05, 4.69) is 139 Å². The summed E-state index contributed by atoms with van der Waals surface area (Å²) in [5, 5.41) is 2.18. The zero-order chi connectivity index (χ0) is 33.0. The number of amidine groups is 1. The van der Waals surface area contributed by atoms with Crippen molar-refractivity contribution in [1.82, 2.24) is 5.43 Å². The molecule has 3 aliphatic rings. The third-order valence-corrected chi connectivity index (χ3v) is 11.1. The van der Waals surface area contributed by atoms with Gasteiger partial charge in [-0.25, -0.2) is 5.84 Å². The molecule has 0 bridgehead atoms. The predicted octanol–water partition coefficient (Wildman–Crippen LogP) is 10.2. The van der Waals surface area contributed by atoms with E-state index in [1.54, 1.807) is 11.8 Å². The van der Waals surface area contributed by atoms with Crippen LogP contribution in [-0.2, 0) is 5.41 Å². The first-order valence-electron chi connectivity index (χ1n) is 16.6. The normalized spacial score (nSPS) is 18.7. The lowest BCUT2D eigenvalue weighted by atomic mass is 9.70. The second-order valence-corrected chi connectivity index (χ2v) is 13.6. The molecule has 9 rings (SSSR count). The summed E-state index contributed by atoms with van der Waals surface area (Å²) in [5.41, 5.74) is 18.0. The number of hydrazine groups is 1. The third kappa shape index (κ3) is 4.45. The average molecular weight is 648 g/mol. The number of thioether (sulfide) groups is 1. The molecule has 6 aromatic rings. The molecule has 0 amide bonds. The number of nitrogens with zero attached hydrogens (tertiary/aromatic N) is 1. The van der Waals surface area contributed by atoms with E-state index in [-0.39, 0.29) is 6.04 Å². The Kier molecular flexibility index (Phi) is 7.08. The Morgan fingerprint density at radius 1 is 0.633 bits per heavy atom. The lowest BCUT2D eigenvalue weighted by Gasteiger charge is -2.31. The highest BCUT2D eigenvalue weighted by atomic mass is 32.2. The number of benzene rings is 6. The number of rotatable bonds is 4. The maximum atomic E-state index is 6.15. The summed E-state index contributed by atoms with van der Waals surface area (Å²) in [6, 6.07) is 49.8. The first-order valence-corrected chi connectivity index (χ1v) is 17.4. The molecule has 3 nitrogen and oxygen atoms in total. The van der Waals surface area contributed by atoms with E-state index in [0.29, 0.717) is 5.84 Å². The number of nitrogens with one attached hydrogen (secondary N) is 1. The number of hydrogen-bond donors (Lipinski definition) is 2. The highest BCUT2D eigenvalue weighted by Crippen LogP contribution is 2.64. The van der Waals surface area contributed by atoms with E-state index in [1.165, 1.54) is 55.0 Å². The smallest absolute Gasteiger partial charge is 0.143 e. The molecule has 6 aromatic carbocycles. The van der Waals surface area contributed by atoms with Gasteiger partial charge < -0.3 is 5.43 Å². The zero-order valence-corrected chi connectivity index (χ0v) is 27.6. The molecule has 1 aliphatic heterocycles. The van der Waals surface area contributed by atoms with Crippen LogP contribution in [0, 0.1) is 0 Å². The van der Waals surface area contributed by atoms with Crippen molar-refractivity contribution in [2.45, 2.75) is 16.4 Å². The van der Waals surface area contributed by atoms with Gasteiger partial charge in [0.25, 0.3) is 0 Å². The quantitative estimate of drug-likeness (QED) is 0.0865. The van der Waals surface area contributed by atoms with Crippen molar-refractivity contribution in [3.8, 4) is 22.3 Å². The minimum atomic E-state index is -0.494. The molecule has 0 fully saturated rings. The molecular formula is C45H33N3S. The van der Waals surface area contributed by atoms with Crippen molar-refractivity contribution < 1.29 is 0 Å². The van der Waals surface area contributed by atoms with Crippen molar-refractivity contribution in [3.05, 3.63) is 214 Å². The molecule has 3 N–H and O–H groups in total. The van der Waals surface area contributed by atoms with Gasteiger partial charge in [-0.2, -0.15) is 0 Å². The standard InChI is InChI=1S/C45H33N3S/c1-29-14-12-13-27-49-43-33(29)25-26-39-41(43)36-20-9-11-22-38(36)45(39)37-21-10-8-19-34(37)35-24-23-32(28-40(35)45)42(30-15-4-2-5-16-30)47-44(48-46)31-17-6-3-7-18-31/h2-28,42H,1,46H2,(H,47,48)/b14-12-,27-13-. The van der Waals surface area contributed by atoms with Crippen LogP contribution in [0.2, 0.25) is 0 Å². The van der Waals surface area contributed by atoms with Crippen LogP contribution in [0.1, 0.15) is 50.5 Å². The summed E-state index contributed by atoms with van der Waals surface area (Å²) in [5.74, 6) is 6.79. The summed E-state index contributed by atoms with van der Waals surface area (Å²) in [6.45, 7) is 4.45. The van der Waals surface area contributed by atoms with E-state index in [0.717, 1.165) is 22.3 Å². The fourth-order valence-electron chi connectivity index (χ4n) is 8.07. The highest BCUT2D eigenvalue weighted by Gasteiger charge is 2.52. The fourth-order valence-corrected chi connectivity index (χ4v) is 9.04. The van der Waals surface area contributed by atoms with Gasteiger partial charge in [0.15, 0.2) is 0 Å². The third-order valence-electron chi connectivity index (χ3n) is 10.1. The molecule has 0 aromatic heterocycles. The van der Waals surface area contributed by atoms with Gasteiger partial charge in [0.1, 0.15) is 11.9 Å². The largest absolute Gasteiger partial charge is 0.308 e. The topological polar surface area (TPSA) is 50.4 Å². The lowest BCUT2D eigenvalue weighted by molar-refractivity contribution is 0.783. The van der Waals surface area contributed by atoms with E-state index < -0.39 is 5.41 Å². The molecule has 2 atom stereocenters. The summed E-state index contributed by atoms with van der Waals surface area (Å²) in [7, 11) is 0. The van der Waals surface area contributed by atoms with Gasteiger partial charge in [-0.15, -0.1) is 0 Å². The molecule has 0 saturated carbocycles. The van der Waals surface area contributed by atoms with Crippen LogP contribution in [0.15, 0.2) is 180 Å².